The molecular weight excluding hydrogens is 415 g/mol. The molecule has 3 heterocycles. The Bertz CT molecular complexity index is 1150. The van der Waals surface area contributed by atoms with Crippen LogP contribution in [0.3, 0.4) is 0 Å². The molecular formula is C20H16F3N5O3. The summed E-state index contributed by atoms with van der Waals surface area (Å²) < 4.78 is 37.2. The molecule has 31 heavy (non-hydrogen) atoms. The summed E-state index contributed by atoms with van der Waals surface area (Å²) in [5.41, 5.74) is 5.58. The molecule has 4 rings (SSSR count). The monoisotopic (exact) mass is 431 g/mol. The van der Waals surface area contributed by atoms with Crippen LogP contribution in [0.5, 0.6) is 0 Å². The highest BCUT2D eigenvalue weighted by Gasteiger charge is 2.38. The van der Waals surface area contributed by atoms with Gasteiger partial charge in [-0.3, -0.25) is 4.98 Å². The van der Waals surface area contributed by atoms with E-state index in [1.54, 1.807) is 18.2 Å². The zero-order chi connectivity index (χ0) is 22.6. The lowest BCUT2D eigenvalue weighted by Gasteiger charge is -2.19. The lowest BCUT2D eigenvalue weighted by Crippen LogP contribution is -2.24. The van der Waals surface area contributed by atoms with E-state index in [0.717, 1.165) is 36.3 Å². The van der Waals surface area contributed by atoms with E-state index in [1.807, 2.05) is 19.2 Å². The van der Waals surface area contributed by atoms with Gasteiger partial charge in [-0.1, -0.05) is 11.2 Å². The Hall–Kier alpha value is -3.78. The van der Waals surface area contributed by atoms with Gasteiger partial charge in [-0.2, -0.15) is 23.4 Å². The van der Waals surface area contributed by atoms with Crippen molar-refractivity contribution in [2.45, 2.75) is 26.1 Å². The third kappa shape index (κ3) is 5.04. The summed E-state index contributed by atoms with van der Waals surface area (Å²) in [5.74, 6) is -1.79. The van der Waals surface area contributed by atoms with E-state index in [0.29, 0.717) is 17.3 Å². The molecule has 2 aromatic heterocycles. The summed E-state index contributed by atoms with van der Waals surface area (Å²) in [4.78, 5) is 17.9. The van der Waals surface area contributed by atoms with Crippen molar-refractivity contribution in [3.05, 3.63) is 52.8 Å². The van der Waals surface area contributed by atoms with Crippen molar-refractivity contribution in [3.63, 3.8) is 0 Å². The Morgan fingerprint density at radius 3 is 2.77 bits per heavy atom. The number of carboxylic acids is 1. The molecule has 0 unspecified atom stereocenters. The molecule has 2 N–H and O–H groups in total. The number of halogens is 3. The number of alkyl halides is 3. The third-order valence-corrected chi connectivity index (χ3v) is 4.46. The molecule has 1 aliphatic heterocycles. The second kappa shape index (κ2) is 8.93. The minimum atomic E-state index is -5.08. The number of aliphatic carboxylic acids is 1. The van der Waals surface area contributed by atoms with Gasteiger partial charge in [0.2, 0.25) is 5.82 Å². The first-order chi connectivity index (χ1) is 14.7. The number of carbonyl (C=O) groups is 1. The van der Waals surface area contributed by atoms with E-state index in [-0.39, 0.29) is 0 Å². The fourth-order valence-corrected chi connectivity index (χ4v) is 3.03. The smallest absolute Gasteiger partial charge is 0.475 e. The predicted molar refractivity (Wildman–Crippen MR) is 102 cm³/mol. The lowest BCUT2D eigenvalue weighted by atomic mass is 9.95. The van der Waals surface area contributed by atoms with Gasteiger partial charge in [0, 0.05) is 29.6 Å². The molecule has 0 aliphatic carbocycles. The number of hydrogen-bond donors (Lipinski definition) is 2. The number of nitriles is 1. The van der Waals surface area contributed by atoms with Crippen molar-refractivity contribution >= 4 is 5.97 Å². The highest BCUT2D eigenvalue weighted by atomic mass is 19.4. The maximum atomic E-state index is 10.6. The van der Waals surface area contributed by atoms with Crippen LogP contribution in [0.1, 0.15) is 22.4 Å². The molecule has 1 aliphatic rings. The Balaban J connectivity index is 0.000000339. The van der Waals surface area contributed by atoms with Crippen LogP contribution in [-0.4, -0.2) is 38.9 Å². The number of pyridine rings is 1. The van der Waals surface area contributed by atoms with Crippen LogP contribution in [0.2, 0.25) is 0 Å². The fourth-order valence-electron chi connectivity index (χ4n) is 3.03. The van der Waals surface area contributed by atoms with Crippen molar-refractivity contribution < 1.29 is 27.6 Å². The van der Waals surface area contributed by atoms with Crippen LogP contribution in [-0.2, 0) is 17.8 Å². The van der Waals surface area contributed by atoms with E-state index in [4.69, 9.17) is 19.7 Å². The van der Waals surface area contributed by atoms with Crippen LogP contribution >= 0.6 is 0 Å². The van der Waals surface area contributed by atoms with E-state index < -0.39 is 12.1 Å². The van der Waals surface area contributed by atoms with Crippen molar-refractivity contribution in [1.29, 1.82) is 5.26 Å². The molecule has 8 nitrogen and oxygen atoms in total. The number of aryl methyl sites for hydroxylation is 1. The second-order valence-electron chi connectivity index (χ2n) is 6.57. The normalized spacial score (nSPS) is 12.9. The van der Waals surface area contributed by atoms with Crippen LogP contribution in [0, 0.1) is 18.3 Å². The largest absolute Gasteiger partial charge is 0.490 e. The van der Waals surface area contributed by atoms with Gasteiger partial charge < -0.3 is 14.9 Å². The Kier molecular flexibility index (Phi) is 6.31. The van der Waals surface area contributed by atoms with Crippen molar-refractivity contribution in [1.82, 2.24) is 20.4 Å². The SMILES string of the molecule is Cc1ncc2c(c1-c1noc(-c3cccc(C#N)c3)n1)CCNC2.O=C(O)C(F)(F)F. The molecule has 0 saturated carbocycles. The average molecular weight is 431 g/mol. The molecule has 160 valence electrons. The number of hydrogen-bond acceptors (Lipinski definition) is 7. The van der Waals surface area contributed by atoms with Crippen molar-refractivity contribution in [2.24, 2.45) is 0 Å². The van der Waals surface area contributed by atoms with E-state index in [2.05, 4.69) is 26.5 Å². The number of nitrogens with one attached hydrogen (secondary N) is 1. The topological polar surface area (TPSA) is 125 Å². The molecule has 1 aromatic carbocycles. The number of rotatable bonds is 2. The zero-order valence-electron chi connectivity index (χ0n) is 16.2. The summed E-state index contributed by atoms with van der Waals surface area (Å²) in [6.45, 7) is 3.70. The number of nitrogens with zero attached hydrogens (tertiary/aromatic N) is 4. The molecule has 0 spiro atoms. The van der Waals surface area contributed by atoms with Crippen molar-refractivity contribution in [3.8, 4) is 28.9 Å². The molecule has 11 heteroatoms. The fraction of sp³-hybridized carbons (Fsp3) is 0.250. The highest BCUT2D eigenvalue weighted by molar-refractivity contribution is 5.73. The molecule has 0 atom stereocenters. The standard InChI is InChI=1S/C18H15N5O.C2HF3O2/c1-11-16(15-5-6-20-9-14(15)10-21-11)17-22-18(24-23-17)13-4-2-3-12(7-13)8-19;3-2(4,5)1(6)7/h2-4,7,10,20H,5-6,9H2,1H3;(H,6,7). The minimum Gasteiger partial charge on any atom is -0.475 e. The second-order valence-corrected chi connectivity index (χ2v) is 6.57. The van der Waals surface area contributed by atoms with Gasteiger partial charge in [0.05, 0.1) is 11.6 Å². The highest BCUT2D eigenvalue weighted by Crippen LogP contribution is 2.30. The third-order valence-electron chi connectivity index (χ3n) is 4.46. The summed E-state index contributed by atoms with van der Waals surface area (Å²) >= 11 is 0. The summed E-state index contributed by atoms with van der Waals surface area (Å²) in [7, 11) is 0. The molecule has 0 amide bonds. The van der Waals surface area contributed by atoms with Gasteiger partial charge >= 0.3 is 12.1 Å². The molecule has 3 aromatic rings. The zero-order valence-corrected chi connectivity index (χ0v) is 16.2. The number of aromatic nitrogens is 3. The van der Waals surface area contributed by atoms with Crippen LogP contribution in [0.4, 0.5) is 13.2 Å². The van der Waals surface area contributed by atoms with Crippen LogP contribution in [0.25, 0.3) is 22.8 Å². The van der Waals surface area contributed by atoms with Gasteiger partial charge in [-0.05, 0) is 49.2 Å². The van der Waals surface area contributed by atoms with Crippen LogP contribution in [0.15, 0.2) is 35.0 Å². The van der Waals surface area contributed by atoms with Gasteiger partial charge in [0.15, 0.2) is 0 Å². The van der Waals surface area contributed by atoms with E-state index in [9.17, 15) is 13.2 Å². The predicted octanol–water partition coefficient (Wildman–Crippen LogP) is 3.26. The summed E-state index contributed by atoms with van der Waals surface area (Å²) in [6, 6.07) is 9.27. The quantitative estimate of drug-likeness (QED) is 0.634. The number of fused-ring (bicyclic) bond motifs is 1. The van der Waals surface area contributed by atoms with Crippen molar-refractivity contribution in [2.75, 3.05) is 6.54 Å². The van der Waals surface area contributed by atoms with E-state index >= 15 is 0 Å². The first-order valence-electron chi connectivity index (χ1n) is 9.03. The summed E-state index contributed by atoms with van der Waals surface area (Å²) in [5, 5.41) is 23.7. The van der Waals surface area contributed by atoms with E-state index in [1.165, 1.54) is 11.1 Å². The van der Waals surface area contributed by atoms with Gasteiger partial charge in [-0.25, -0.2) is 4.79 Å². The molecule has 0 fully saturated rings. The lowest BCUT2D eigenvalue weighted by molar-refractivity contribution is -0.192. The molecule has 0 saturated heterocycles. The maximum absolute atomic E-state index is 10.6. The first-order valence-corrected chi connectivity index (χ1v) is 9.03. The Labute approximate surface area is 174 Å². The van der Waals surface area contributed by atoms with Crippen LogP contribution < -0.4 is 5.32 Å². The number of carboxylic acid groups (broad SMARTS) is 1. The number of benzene rings is 1. The van der Waals surface area contributed by atoms with Gasteiger partial charge in [0.25, 0.3) is 5.89 Å². The summed E-state index contributed by atoms with van der Waals surface area (Å²) in [6.07, 6.45) is -2.25. The van der Waals surface area contributed by atoms with Gasteiger partial charge in [-0.15, -0.1) is 0 Å². The Morgan fingerprint density at radius 1 is 1.35 bits per heavy atom. The molecule has 0 bridgehead atoms. The first kappa shape index (κ1) is 21.9. The minimum absolute atomic E-state index is 0.410. The average Bonchev–Trinajstić information content (AvgIpc) is 3.23. The Morgan fingerprint density at radius 2 is 2.10 bits per heavy atom. The van der Waals surface area contributed by atoms with Gasteiger partial charge in [0.1, 0.15) is 0 Å². The molecule has 0 radical (unpaired) electrons. The maximum Gasteiger partial charge on any atom is 0.490 e.